The molecule has 0 saturated carbocycles. The van der Waals surface area contributed by atoms with Gasteiger partial charge in [-0.05, 0) is 24.3 Å². The van der Waals surface area contributed by atoms with Gasteiger partial charge < -0.3 is 9.84 Å². The van der Waals surface area contributed by atoms with E-state index in [1.807, 2.05) is 27.7 Å². The fraction of sp³-hybridized carbons (Fsp3) is 0.455. The van der Waals surface area contributed by atoms with Crippen molar-refractivity contribution in [3.05, 3.63) is 24.3 Å². The Morgan fingerprint density at radius 3 is 1.62 bits per heavy atom. The number of halogens is 3. The molecule has 5 heteroatoms. The van der Waals surface area contributed by atoms with Gasteiger partial charge in [-0.2, -0.15) is 0 Å². The molecule has 0 aliphatic carbocycles. The first-order valence-electron chi connectivity index (χ1n) is 5.02. The van der Waals surface area contributed by atoms with Gasteiger partial charge in [0.1, 0.15) is 11.5 Å². The molecule has 0 bridgehead atoms. The van der Waals surface area contributed by atoms with Crippen LogP contribution in [0.25, 0.3) is 0 Å². The van der Waals surface area contributed by atoms with Crippen LogP contribution in [0, 0.1) is 0 Å². The molecule has 0 aliphatic heterocycles. The summed E-state index contributed by atoms with van der Waals surface area (Å²) in [5, 5.41) is 8.72. The average Bonchev–Trinajstić information content (AvgIpc) is 2.25. The predicted molar refractivity (Wildman–Crippen MR) is 57.5 cm³/mol. The SMILES string of the molecule is CC.CC.Oc1ccc(OC(F)(F)F)cc1. The Kier molecular flexibility index (Phi) is 9.45. The van der Waals surface area contributed by atoms with Crippen molar-refractivity contribution in [1.82, 2.24) is 0 Å². The van der Waals surface area contributed by atoms with Gasteiger partial charge in [-0.3, -0.25) is 0 Å². The lowest BCUT2D eigenvalue weighted by Crippen LogP contribution is -2.16. The van der Waals surface area contributed by atoms with Gasteiger partial charge >= 0.3 is 6.36 Å². The third-order valence-electron chi connectivity index (χ3n) is 1.07. The van der Waals surface area contributed by atoms with Gasteiger partial charge in [0.05, 0.1) is 0 Å². The third-order valence-corrected chi connectivity index (χ3v) is 1.07. The molecule has 0 atom stereocenters. The summed E-state index contributed by atoms with van der Waals surface area (Å²) in [5.74, 6) is -0.454. The smallest absolute Gasteiger partial charge is 0.508 e. The molecule has 0 spiro atoms. The van der Waals surface area contributed by atoms with Crippen molar-refractivity contribution < 1.29 is 23.0 Å². The molecule has 0 aliphatic rings. The standard InChI is InChI=1S/C7H5F3O2.2C2H6/c8-7(9,10)12-6-3-1-5(11)2-4-6;2*1-2/h1-4,11H;2*1-2H3. The zero-order valence-electron chi connectivity index (χ0n) is 9.80. The van der Waals surface area contributed by atoms with Crippen LogP contribution in [0.4, 0.5) is 13.2 Å². The summed E-state index contributed by atoms with van der Waals surface area (Å²) in [6.07, 6.45) is -4.68. The van der Waals surface area contributed by atoms with Crippen LogP contribution < -0.4 is 4.74 Å². The van der Waals surface area contributed by atoms with Gasteiger partial charge in [-0.1, -0.05) is 27.7 Å². The van der Waals surface area contributed by atoms with E-state index in [9.17, 15) is 13.2 Å². The summed E-state index contributed by atoms with van der Waals surface area (Å²) in [5.41, 5.74) is 0. The molecule has 16 heavy (non-hydrogen) atoms. The maximum atomic E-state index is 11.6. The first-order chi connectivity index (χ1) is 7.47. The van der Waals surface area contributed by atoms with Crippen LogP contribution >= 0.6 is 0 Å². The number of phenolic OH excluding ortho intramolecular Hbond substituents is 1. The first-order valence-corrected chi connectivity index (χ1v) is 5.02. The van der Waals surface area contributed by atoms with E-state index in [1.165, 1.54) is 0 Å². The molecular formula is C11H17F3O2. The molecule has 0 unspecified atom stereocenters. The fourth-order valence-electron chi connectivity index (χ4n) is 0.648. The van der Waals surface area contributed by atoms with Crippen molar-refractivity contribution >= 4 is 0 Å². The number of alkyl halides is 3. The minimum Gasteiger partial charge on any atom is -0.508 e. The number of hydrogen-bond acceptors (Lipinski definition) is 2. The highest BCUT2D eigenvalue weighted by Crippen LogP contribution is 2.23. The highest BCUT2D eigenvalue weighted by atomic mass is 19.4. The predicted octanol–water partition coefficient (Wildman–Crippen LogP) is 4.34. The van der Waals surface area contributed by atoms with Gasteiger partial charge in [0, 0.05) is 0 Å². The second-order valence-electron chi connectivity index (χ2n) is 2.04. The van der Waals surface area contributed by atoms with Crippen molar-refractivity contribution in [3.63, 3.8) is 0 Å². The van der Waals surface area contributed by atoms with E-state index in [4.69, 9.17) is 5.11 Å². The van der Waals surface area contributed by atoms with E-state index >= 15 is 0 Å². The molecule has 94 valence electrons. The molecule has 0 aromatic heterocycles. The summed E-state index contributed by atoms with van der Waals surface area (Å²) in [6, 6.07) is 4.29. The van der Waals surface area contributed by atoms with Crippen LogP contribution in [0.2, 0.25) is 0 Å². The number of aromatic hydroxyl groups is 1. The molecule has 0 saturated heterocycles. The van der Waals surface area contributed by atoms with Gasteiger partial charge in [-0.25, -0.2) is 0 Å². The van der Waals surface area contributed by atoms with Crippen LogP contribution in [0.3, 0.4) is 0 Å². The van der Waals surface area contributed by atoms with E-state index < -0.39 is 6.36 Å². The number of phenols is 1. The number of rotatable bonds is 1. The van der Waals surface area contributed by atoms with Crippen LogP contribution in [0.15, 0.2) is 24.3 Å². The van der Waals surface area contributed by atoms with Crippen LogP contribution in [-0.4, -0.2) is 11.5 Å². The molecule has 0 amide bonds. The molecule has 0 heterocycles. The normalized spacial score (nSPS) is 9.19. The van der Waals surface area contributed by atoms with Crippen LogP contribution in [-0.2, 0) is 0 Å². The minimum atomic E-state index is -4.68. The van der Waals surface area contributed by atoms with Gasteiger partial charge in [-0.15, -0.1) is 13.2 Å². The summed E-state index contributed by atoms with van der Waals surface area (Å²) in [7, 11) is 0. The van der Waals surface area contributed by atoms with E-state index in [2.05, 4.69) is 4.74 Å². The Bertz CT molecular complexity index is 255. The molecule has 0 radical (unpaired) electrons. The molecule has 1 aromatic rings. The average molecular weight is 238 g/mol. The summed E-state index contributed by atoms with van der Waals surface area (Å²) in [4.78, 5) is 0. The van der Waals surface area contributed by atoms with Gasteiger partial charge in [0.25, 0.3) is 0 Å². The first kappa shape index (κ1) is 17.0. The Hall–Kier alpha value is -1.39. The Labute approximate surface area is 93.7 Å². The largest absolute Gasteiger partial charge is 0.573 e. The molecular weight excluding hydrogens is 221 g/mol. The Morgan fingerprint density at radius 1 is 0.938 bits per heavy atom. The molecule has 1 aromatic carbocycles. The van der Waals surface area contributed by atoms with Crippen LogP contribution in [0.5, 0.6) is 11.5 Å². The van der Waals surface area contributed by atoms with Gasteiger partial charge in [0.15, 0.2) is 0 Å². The Morgan fingerprint density at radius 2 is 1.31 bits per heavy atom. The van der Waals surface area contributed by atoms with Crippen LogP contribution in [0.1, 0.15) is 27.7 Å². The molecule has 0 fully saturated rings. The van der Waals surface area contributed by atoms with E-state index in [0.717, 1.165) is 24.3 Å². The summed E-state index contributed by atoms with van der Waals surface area (Å²) >= 11 is 0. The quantitative estimate of drug-likeness (QED) is 0.788. The number of benzene rings is 1. The zero-order valence-corrected chi connectivity index (χ0v) is 9.80. The summed E-state index contributed by atoms with van der Waals surface area (Å²) < 4.78 is 38.2. The zero-order chi connectivity index (χ0) is 13.2. The topological polar surface area (TPSA) is 29.5 Å². The lowest BCUT2D eigenvalue weighted by Gasteiger charge is -2.07. The third kappa shape index (κ3) is 9.18. The highest BCUT2D eigenvalue weighted by Gasteiger charge is 2.30. The Balaban J connectivity index is 0. The molecule has 1 rings (SSSR count). The maximum Gasteiger partial charge on any atom is 0.573 e. The highest BCUT2D eigenvalue weighted by molar-refractivity contribution is 5.30. The van der Waals surface area contributed by atoms with Gasteiger partial charge in [0.2, 0.25) is 0 Å². The minimum absolute atomic E-state index is 0.107. The number of ether oxygens (including phenoxy) is 1. The van der Waals surface area contributed by atoms with Crippen molar-refractivity contribution in [2.24, 2.45) is 0 Å². The fourth-order valence-corrected chi connectivity index (χ4v) is 0.648. The van der Waals surface area contributed by atoms with E-state index in [-0.39, 0.29) is 11.5 Å². The molecule has 1 N–H and O–H groups in total. The second-order valence-corrected chi connectivity index (χ2v) is 2.04. The maximum absolute atomic E-state index is 11.6. The second kappa shape index (κ2) is 8.88. The van der Waals surface area contributed by atoms with Crippen molar-refractivity contribution in [1.29, 1.82) is 0 Å². The van der Waals surface area contributed by atoms with E-state index in [0.29, 0.717) is 0 Å². The molecule has 2 nitrogen and oxygen atoms in total. The lowest BCUT2D eigenvalue weighted by molar-refractivity contribution is -0.274. The monoisotopic (exact) mass is 238 g/mol. The van der Waals surface area contributed by atoms with Crippen molar-refractivity contribution in [2.75, 3.05) is 0 Å². The van der Waals surface area contributed by atoms with Crippen molar-refractivity contribution in [2.45, 2.75) is 34.1 Å². The lowest BCUT2D eigenvalue weighted by atomic mass is 10.3. The van der Waals surface area contributed by atoms with E-state index in [1.54, 1.807) is 0 Å². The summed E-state index contributed by atoms with van der Waals surface area (Å²) in [6.45, 7) is 8.00. The van der Waals surface area contributed by atoms with Crippen molar-refractivity contribution in [3.8, 4) is 11.5 Å². The number of hydrogen-bond donors (Lipinski definition) is 1.